The lowest BCUT2D eigenvalue weighted by Gasteiger charge is -2.36. The van der Waals surface area contributed by atoms with Gasteiger partial charge in [0.2, 0.25) is 19.7 Å². The Labute approximate surface area is 322 Å². The third kappa shape index (κ3) is 6.42. The molecule has 2 atom stereocenters. The summed E-state index contributed by atoms with van der Waals surface area (Å²) in [5.41, 5.74) is 3.72. The van der Waals surface area contributed by atoms with Crippen molar-refractivity contribution in [3.05, 3.63) is 167 Å². The fourth-order valence-electron chi connectivity index (χ4n) is 7.54. The topological polar surface area (TPSA) is 127 Å². The Morgan fingerprint density at radius 2 is 0.836 bits per heavy atom. The van der Waals surface area contributed by atoms with Crippen LogP contribution in [0, 0.1) is 13.8 Å². The summed E-state index contributed by atoms with van der Waals surface area (Å²) in [5, 5.41) is 21.0. The standard InChI is InChI=1S/C45H42O8S2/c1-5-43(46)52-37-27-29(3)23-25-41(37)54(48,49)39-21-13-11-19-35(39)45(33-17-9-7-15-31(33)32-16-8-10-18-34(32)45)36-20-12-14-22-40(36)55(50,51)42-26-24-30(4)28-38(42)53-44(47)6-2/h7-28,43-44,46-47H,5-6H2,1-4H3. The average molecular weight is 775 g/mol. The van der Waals surface area contributed by atoms with Crippen molar-refractivity contribution in [1.82, 2.24) is 0 Å². The Morgan fingerprint density at radius 3 is 1.22 bits per heavy atom. The zero-order valence-electron chi connectivity index (χ0n) is 30.9. The van der Waals surface area contributed by atoms with Gasteiger partial charge in [0.1, 0.15) is 21.3 Å². The molecule has 2 N–H and O–H groups in total. The highest BCUT2D eigenvalue weighted by molar-refractivity contribution is 7.92. The van der Waals surface area contributed by atoms with Crippen molar-refractivity contribution in [2.75, 3.05) is 0 Å². The van der Waals surface area contributed by atoms with Gasteiger partial charge in [0.25, 0.3) is 0 Å². The van der Waals surface area contributed by atoms with E-state index in [2.05, 4.69) is 0 Å². The van der Waals surface area contributed by atoms with Crippen molar-refractivity contribution in [2.45, 2.75) is 78.1 Å². The van der Waals surface area contributed by atoms with Crippen LogP contribution >= 0.6 is 0 Å². The minimum absolute atomic E-state index is 0.00886. The Hall–Kier alpha value is -5.26. The Balaban J connectivity index is 1.59. The maximum Gasteiger partial charge on any atom is 0.210 e. The van der Waals surface area contributed by atoms with Crippen LogP contribution in [0.15, 0.2) is 153 Å². The van der Waals surface area contributed by atoms with Gasteiger partial charge in [-0.15, -0.1) is 0 Å². The molecule has 0 spiro atoms. The number of hydrogen-bond acceptors (Lipinski definition) is 8. The van der Waals surface area contributed by atoms with Crippen molar-refractivity contribution in [3.8, 4) is 22.6 Å². The van der Waals surface area contributed by atoms with Crippen molar-refractivity contribution in [2.24, 2.45) is 0 Å². The third-order valence-corrected chi connectivity index (χ3v) is 13.8. The molecular weight excluding hydrogens is 733 g/mol. The number of aliphatic hydroxyl groups is 2. The molecule has 2 unspecified atom stereocenters. The van der Waals surface area contributed by atoms with Crippen LogP contribution in [0.25, 0.3) is 11.1 Å². The molecular formula is C45H42O8S2. The van der Waals surface area contributed by atoms with E-state index in [0.29, 0.717) is 22.3 Å². The molecule has 0 aromatic heterocycles. The number of aryl methyl sites for hydroxylation is 2. The van der Waals surface area contributed by atoms with Gasteiger partial charge in [0.15, 0.2) is 12.6 Å². The van der Waals surface area contributed by atoms with E-state index in [1.54, 1.807) is 74.5 Å². The minimum atomic E-state index is -4.42. The van der Waals surface area contributed by atoms with Gasteiger partial charge in [-0.05, 0) is 94.8 Å². The molecule has 0 radical (unpaired) electrons. The molecule has 8 nitrogen and oxygen atoms in total. The summed E-state index contributed by atoms with van der Waals surface area (Å²) in [7, 11) is -8.84. The number of aliphatic hydroxyl groups excluding tert-OH is 2. The van der Waals surface area contributed by atoms with Crippen molar-refractivity contribution in [3.63, 3.8) is 0 Å². The molecule has 0 aliphatic heterocycles. The third-order valence-electron chi connectivity index (χ3n) is 10.1. The summed E-state index contributed by atoms with van der Waals surface area (Å²) in [4.78, 5) is -0.383. The van der Waals surface area contributed by atoms with Crippen LogP contribution in [-0.4, -0.2) is 39.6 Å². The van der Waals surface area contributed by atoms with E-state index >= 15 is 16.8 Å². The molecule has 0 bridgehead atoms. The molecule has 1 aliphatic rings. The first-order chi connectivity index (χ1) is 26.3. The lowest BCUT2D eigenvalue weighted by molar-refractivity contribution is -0.0216. The fraction of sp³-hybridized carbons (Fsp3) is 0.200. The van der Waals surface area contributed by atoms with Crippen LogP contribution in [0.2, 0.25) is 0 Å². The van der Waals surface area contributed by atoms with Crippen LogP contribution in [0.5, 0.6) is 11.5 Å². The van der Waals surface area contributed by atoms with Gasteiger partial charge in [-0.1, -0.05) is 111 Å². The predicted molar refractivity (Wildman–Crippen MR) is 211 cm³/mol. The molecule has 6 aromatic carbocycles. The van der Waals surface area contributed by atoms with E-state index < -0.39 is 37.7 Å². The second kappa shape index (κ2) is 14.8. The number of ether oxygens (including phenoxy) is 2. The minimum Gasteiger partial charge on any atom is -0.464 e. The van der Waals surface area contributed by atoms with E-state index in [1.807, 2.05) is 62.4 Å². The van der Waals surface area contributed by atoms with E-state index in [9.17, 15) is 10.2 Å². The SMILES string of the molecule is CCC(O)Oc1cc(C)ccc1S(=O)(=O)c1ccccc1C1(c2ccccc2S(=O)(=O)c2ccc(C)cc2OC(O)CC)c2ccccc2-c2ccccc21. The lowest BCUT2D eigenvalue weighted by Crippen LogP contribution is -2.32. The van der Waals surface area contributed by atoms with Crippen LogP contribution in [-0.2, 0) is 25.1 Å². The average Bonchev–Trinajstić information content (AvgIpc) is 3.48. The summed E-state index contributed by atoms with van der Waals surface area (Å²) < 4.78 is 72.4. The van der Waals surface area contributed by atoms with E-state index in [1.165, 1.54) is 24.3 Å². The number of fused-ring (bicyclic) bond motifs is 3. The van der Waals surface area contributed by atoms with Gasteiger partial charge < -0.3 is 19.7 Å². The number of rotatable bonds is 12. The molecule has 0 saturated heterocycles. The summed E-state index contributed by atoms with van der Waals surface area (Å²) in [5.74, 6) is 0.0177. The maximum atomic E-state index is 15.2. The molecule has 10 heteroatoms. The Morgan fingerprint density at radius 1 is 0.491 bits per heavy atom. The quantitative estimate of drug-likeness (QED) is 0.118. The van der Waals surface area contributed by atoms with Crippen molar-refractivity contribution < 1.29 is 36.5 Å². The zero-order chi connectivity index (χ0) is 39.1. The van der Waals surface area contributed by atoms with Gasteiger partial charge in [0, 0.05) is 12.8 Å². The number of sulfone groups is 2. The first kappa shape index (κ1) is 38.0. The van der Waals surface area contributed by atoms with E-state index in [0.717, 1.165) is 22.3 Å². The van der Waals surface area contributed by atoms with Gasteiger partial charge in [-0.2, -0.15) is 0 Å². The van der Waals surface area contributed by atoms with Gasteiger partial charge >= 0.3 is 0 Å². The smallest absolute Gasteiger partial charge is 0.210 e. The summed E-state index contributed by atoms with van der Waals surface area (Å²) in [6, 6.07) is 38.1. The molecule has 7 rings (SSSR count). The maximum absolute atomic E-state index is 15.2. The first-order valence-electron chi connectivity index (χ1n) is 18.1. The van der Waals surface area contributed by atoms with Gasteiger partial charge in [-0.25, -0.2) is 16.8 Å². The van der Waals surface area contributed by atoms with Crippen LogP contribution in [0.1, 0.15) is 60.1 Å². The molecule has 0 amide bonds. The zero-order valence-corrected chi connectivity index (χ0v) is 32.6. The lowest BCUT2D eigenvalue weighted by atomic mass is 9.67. The van der Waals surface area contributed by atoms with Crippen LogP contribution in [0.3, 0.4) is 0 Å². The fourth-order valence-corrected chi connectivity index (χ4v) is 10.8. The summed E-state index contributed by atoms with van der Waals surface area (Å²) in [6.45, 7) is 7.07. The molecule has 0 fully saturated rings. The predicted octanol–water partition coefficient (Wildman–Crippen LogP) is 8.55. The van der Waals surface area contributed by atoms with Gasteiger partial charge in [0.05, 0.1) is 15.2 Å². The Kier molecular flexibility index (Phi) is 10.2. The highest BCUT2D eigenvalue weighted by Crippen LogP contribution is 2.59. The molecule has 6 aromatic rings. The highest BCUT2D eigenvalue weighted by atomic mass is 32.2. The molecule has 282 valence electrons. The van der Waals surface area contributed by atoms with Gasteiger partial charge in [-0.3, -0.25) is 0 Å². The Bertz CT molecular complexity index is 2450. The summed E-state index contributed by atoms with van der Waals surface area (Å²) >= 11 is 0. The second-order valence-corrected chi connectivity index (χ2v) is 17.5. The molecule has 55 heavy (non-hydrogen) atoms. The molecule has 1 aliphatic carbocycles. The monoisotopic (exact) mass is 774 g/mol. The van der Waals surface area contributed by atoms with Crippen LogP contribution in [0.4, 0.5) is 0 Å². The normalized spacial score (nSPS) is 14.4. The van der Waals surface area contributed by atoms with E-state index in [-0.39, 0.29) is 43.9 Å². The van der Waals surface area contributed by atoms with E-state index in [4.69, 9.17) is 9.47 Å². The highest BCUT2D eigenvalue weighted by Gasteiger charge is 2.50. The van der Waals surface area contributed by atoms with Crippen LogP contribution < -0.4 is 9.47 Å². The summed E-state index contributed by atoms with van der Waals surface area (Å²) in [6.07, 6.45) is -2.01. The molecule has 0 heterocycles. The second-order valence-electron chi connectivity index (χ2n) is 13.7. The number of hydrogen-bond donors (Lipinski definition) is 2. The first-order valence-corrected chi connectivity index (χ1v) is 21.1. The molecule has 0 saturated carbocycles. The van der Waals surface area contributed by atoms with Crippen molar-refractivity contribution >= 4 is 19.7 Å². The number of benzene rings is 6. The largest absolute Gasteiger partial charge is 0.464 e. The van der Waals surface area contributed by atoms with Crippen molar-refractivity contribution in [1.29, 1.82) is 0 Å².